The molecule has 0 unspecified atom stereocenters. The highest BCUT2D eigenvalue weighted by molar-refractivity contribution is 5.84. The largest absolute Gasteiger partial charge is 0.316 e. The normalized spacial score (nSPS) is 16.2. The number of nitrogens with zero attached hydrogens (tertiary/aromatic N) is 3. The molecule has 2 aromatic heterocycles. The van der Waals surface area contributed by atoms with Gasteiger partial charge in [0.05, 0.1) is 11.4 Å². The number of fused-ring (bicyclic) bond motifs is 3. The summed E-state index contributed by atoms with van der Waals surface area (Å²) < 4.78 is 1.93. The third kappa shape index (κ3) is 2.03. The average Bonchev–Trinajstić information content (AvgIpc) is 2.54. The van der Waals surface area contributed by atoms with Gasteiger partial charge >= 0.3 is 0 Å². The quantitative estimate of drug-likeness (QED) is 0.800. The molecule has 20 heavy (non-hydrogen) atoms. The second kappa shape index (κ2) is 4.55. The number of nitrogens with one attached hydrogen (secondary N) is 1. The van der Waals surface area contributed by atoms with E-state index in [0.29, 0.717) is 0 Å². The average molecular weight is 272 g/mol. The molecule has 108 valence electrons. The van der Waals surface area contributed by atoms with E-state index < -0.39 is 0 Å². The van der Waals surface area contributed by atoms with Gasteiger partial charge in [-0.2, -0.15) is 5.10 Å². The summed E-state index contributed by atoms with van der Waals surface area (Å²) in [6.07, 6.45) is 2.14. The minimum absolute atomic E-state index is 0.0702. The molecule has 0 aliphatic carbocycles. The van der Waals surface area contributed by atoms with Crippen molar-refractivity contribution in [1.82, 2.24) is 20.1 Å². The van der Waals surface area contributed by atoms with Crippen LogP contribution in [0.2, 0.25) is 0 Å². The second-order valence-corrected chi connectivity index (χ2v) is 6.83. The molecule has 0 amide bonds. The van der Waals surface area contributed by atoms with Crippen LogP contribution >= 0.6 is 0 Å². The van der Waals surface area contributed by atoms with Crippen LogP contribution in [0.15, 0.2) is 0 Å². The third-order valence-electron chi connectivity index (χ3n) is 4.18. The van der Waals surface area contributed by atoms with Crippen molar-refractivity contribution in [2.75, 3.05) is 13.1 Å². The summed E-state index contributed by atoms with van der Waals surface area (Å²) in [5.74, 6) is 0. The van der Waals surface area contributed by atoms with E-state index in [1.54, 1.807) is 0 Å². The van der Waals surface area contributed by atoms with E-state index in [0.717, 1.165) is 37.3 Å². The number of aromatic nitrogens is 3. The number of aryl methyl sites for hydroxylation is 2. The molecule has 4 heteroatoms. The Morgan fingerprint density at radius 1 is 1.10 bits per heavy atom. The first-order chi connectivity index (χ1) is 9.39. The predicted octanol–water partition coefficient (Wildman–Crippen LogP) is 2.26. The lowest BCUT2D eigenvalue weighted by Gasteiger charge is -2.23. The second-order valence-electron chi connectivity index (χ2n) is 6.83. The molecule has 0 saturated carbocycles. The molecule has 2 aromatic rings. The molecule has 0 radical (unpaired) electrons. The van der Waals surface area contributed by atoms with Crippen LogP contribution in [-0.4, -0.2) is 27.9 Å². The molecule has 0 bridgehead atoms. The molecule has 1 N–H and O–H groups in total. The van der Waals surface area contributed by atoms with Crippen molar-refractivity contribution in [3.63, 3.8) is 0 Å². The fourth-order valence-electron chi connectivity index (χ4n) is 3.31. The summed E-state index contributed by atoms with van der Waals surface area (Å²) in [6, 6.07) is 0. The molecule has 1 aliphatic heterocycles. The van der Waals surface area contributed by atoms with Gasteiger partial charge in [0.15, 0.2) is 5.65 Å². The van der Waals surface area contributed by atoms with Gasteiger partial charge in [-0.05, 0) is 44.0 Å². The van der Waals surface area contributed by atoms with E-state index >= 15 is 0 Å². The number of pyridine rings is 1. The minimum atomic E-state index is 0.0702. The molecule has 0 fully saturated rings. The zero-order valence-corrected chi connectivity index (χ0v) is 13.2. The summed E-state index contributed by atoms with van der Waals surface area (Å²) in [4.78, 5) is 4.99. The highest BCUT2D eigenvalue weighted by Crippen LogP contribution is 2.33. The van der Waals surface area contributed by atoms with Gasteiger partial charge in [0.1, 0.15) is 0 Å². The monoisotopic (exact) mass is 272 g/mol. The lowest BCUT2D eigenvalue weighted by atomic mass is 9.84. The zero-order chi connectivity index (χ0) is 14.5. The van der Waals surface area contributed by atoms with Crippen molar-refractivity contribution in [2.45, 2.75) is 46.0 Å². The molecular weight excluding hydrogens is 248 g/mol. The molecule has 3 rings (SSSR count). The van der Waals surface area contributed by atoms with Gasteiger partial charge in [-0.3, -0.25) is 4.68 Å². The third-order valence-corrected chi connectivity index (χ3v) is 4.18. The Bertz CT molecular complexity index is 661. The Labute approximate surface area is 120 Å². The highest BCUT2D eigenvalue weighted by atomic mass is 15.3. The first kappa shape index (κ1) is 13.6. The Kier molecular flexibility index (Phi) is 3.09. The summed E-state index contributed by atoms with van der Waals surface area (Å²) in [6.45, 7) is 10.9. The molecular formula is C16H24N4. The fraction of sp³-hybridized carbons (Fsp3) is 0.625. The van der Waals surface area contributed by atoms with Gasteiger partial charge in [0.2, 0.25) is 0 Å². The van der Waals surface area contributed by atoms with Crippen LogP contribution in [0.25, 0.3) is 11.0 Å². The number of hydrogen-bond donors (Lipinski definition) is 1. The van der Waals surface area contributed by atoms with Crippen LogP contribution in [-0.2, 0) is 25.3 Å². The summed E-state index contributed by atoms with van der Waals surface area (Å²) in [7, 11) is 2.00. The zero-order valence-electron chi connectivity index (χ0n) is 13.2. The molecule has 1 aliphatic rings. The van der Waals surface area contributed by atoms with Crippen LogP contribution in [0.1, 0.15) is 43.3 Å². The predicted molar refractivity (Wildman–Crippen MR) is 82.2 cm³/mol. The van der Waals surface area contributed by atoms with E-state index in [2.05, 4.69) is 38.1 Å². The van der Waals surface area contributed by atoms with Gasteiger partial charge in [0, 0.05) is 17.8 Å². The Morgan fingerprint density at radius 2 is 1.75 bits per heavy atom. The standard InChI is InChI=1S/C16H24N4/c1-10-13-11-6-8-17-9-7-12(11)14(16(2,3)4)18-15(13)20(5)19-10/h17H,6-9H2,1-5H3. The van der Waals surface area contributed by atoms with E-state index in [-0.39, 0.29) is 5.41 Å². The molecule has 0 saturated heterocycles. The topological polar surface area (TPSA) is 42.7 Å². The van der Waals surface area contributed by atoms with Gasteiger partial charge in [-0.1, -0.05) is 20.8 Å². The smallest absolute Gasteiger partial charge is 0.158 e. The summed E-state index contributed by atoms with van der Waals surface area (Å²) >= 11 is 0. The van der Waals surface area contributed by atoms with Gasteiger partial charge < -0.3 is 5.32 Å². The molecule has 4 nitrogen and oxygen atoms in total. The van der Waals surface area contributed by atoms with Crippen molar-refractivity contribution < 1.29 is 0 Å². The van der Waals surface area contributed by atoms with Crippen molar-refractivity contribution in [3.05, 3.63) is 22.5 Å². The first-order valence-corrected chi connectivity index (χ1v) is 7.46. The molecule has 0 atom stereocenters. The highest BCUT2D eigenvalue weighted by Gasteiger charge is 2.26. The van der Waals surface area contributed by atoms with E-state index in [9.17, 15) is 0 Å². The first-order valence-electron chi connectivity index (χ1n) is 7.46. The molecule has 0 aromatic carbocycles. The van der Waals surface area contributed by atoms with Crippen molar-refractivity contribution in [2.24, 2.45) is 7.05 Å². The number of hydrogen-bond acceptors (Lipinski definition) is 3. The maximum atomic E-state index is 4.99. The molecule has 0 spiro atoms. The maximum Gasteiger partial charge on any atom is 0.158 e. The lowest BCUT2D eigenvalue weighted by molar-refractivity contribution is 0.560. The van der Waals surface area contributed by atoms with Gasteiger partial charge in [0.25, 0.3) is 0 Å². The SMILES string of the molecule is Cc1nn(C)c2nc(C(C)(C)C)c3c(c12)CCNCC3. The van der Waals surface area contributed by atoms with Crippen LogP contribution in [0.4, 0.5) is 0 Å². The van der Waals surface area contributed by atoms with Crippen LogP contribution in [0.5, 0.6) is 0 Å². The van der Waals surface area contributed by atoms with E-state index in [1.807, 2.05) is 11.7 Å². The van der Waals surface area contributed by atoms with Gasteiger partial charge in [-0.25, -0.2) is 4.98 Å². The summed E-state index contributed by atoms with van der Waals surface area (Å²) in [5, 5.41) is 9.37. The Morgan fingerprint density at radius 3 is 2.40 bits per heavy atom. The van der Waals surface area contributed by atoms with Crippen molar-refractivity contribution in [1.29, 1.82) is 0 Å². The van der Waals surface area contributed by atoms with E-state index in [4.69, 9.17) is 4.98 Å². The lowest BCUT2D eigenvalue weighted by Crippen LogP contribution is -2.20. The van der Waals surface area contributed by atoms with Crippen LogP contribution in [0, 0.1) is 6.92 Å². The van der Waals surface area contributed by atoms with E-state index in [1.165, 1.54) is 22.2 Å². The molecule has 3 heterocycles. The van der Waals surface area contributed by atoms with Crippen molar-refractivity contribution in [3.8, 4) is 0 Å². The van der Waals surface area contributed by atoms with Gasteiger partial charge in [-0.15, -0.1) is 0 Å². The number of rotatable bonds is 0. The summed E-state index contributed by atoms with van der Waals surface area (Å²) in [5.41, 5.74) is 6.37. The van der Waals surface area contributed by atoms with Crippen molar-refractivity contribution >= 4 is 11.0 Å². The minimum Gasteiger partial charge on any atom is -0.316 e. The Hall–Kier alpha value is -1.42. The Balaban J connectivity index is 2.41. The maximum absolute atomic E-state index is 4.99. The fourth-order valence-corrected chi connectivity index (χ4v) is 3.31. The van der Waals surface area contributed by atoms with Crippen LogP contribution in [0.3, 0.4) is 0 Å². The van der Waals surface area contributed by atoms with Crippen LogP contribution < -0.4 is 5.32 Å².